The highest BCUT2D eigenvalue weighted by Crippen LogP contribution is 2.22. The van der Waals surface area contributed by atoms with Crippen molar-refractivity contribution in [2.75, 3.05) is 5.32 Å². The standard InChI is InChI=1S/C29H33N3O4/c1-6-19(2)36-25-17-11-22(12-18-25)28(35)32-31-27(34)21-9-15-24(16-10-21)30-26(33)20-7-13-23(14-8-20)29(3,4)5/h7-19H,6H2,1-5H3,(H,30,33)(H,31,34)(H,32,35). The fourth-order valence-corrected chi connectivity index (χ4v) is 3.29. The molecule has 3 rings (SSSR count). The minimum atomic E-state index is -0.476. The van der Waals surface area contributed by atoms with Crippen LogP contribution < -0.4 is 20.9 Å². The average Bonchev–Trinajstić information content (AvgIpc) is 2.87. The molecule has 1 atom stereocenters. The smallest absolute Gasteiger partial charge is 0.269 e. The van der Waals surface area contributed by atoms with E-state index in [1.54, 1.807) is 60.7 Å². The van der Waals surface area contributed by atoms with E-state index in [1.165, 1.54) is 0 Å². The summed E-state index contributed by atoms with van der Waals surface area (Å²) < 4.78 is 5.70. The van der Waals surface area contributed by atoms with Gasteiger partial charge in [-0.1, -0.05) is 39.8 Å². The minimum absolute atomic E-state index is 0.0114. The molecule has 0 saturated carbocycles. The number of amides is 3. The van der Waals surface area contributed by atoms with E-state index >= 15 is 0 Å². The van der Waals surface area contributed by atoms with Crippen molar-refractivity contribution in [1.82, 2.24) is 10.9 Å². The Morgan fingerprint density at radius 1 is 0.722 bits per heavy atom. The molecule has 0 bridgehead atoms. The summed E-state index contributed by atoms with van der Waals surface area (Å²) in [5.41, 5.74) is 7.79. The van der Waals surface area contributed by atoms with Gasteiger partial charge in [-0.25, -0.2) is 0 Å². The summed E-state index contributed by atoms with van der Waals surface area (Å²) in [5, 5.41) is 2.82. The van der Waals surface area contributed by atoms with Crippen LogP contribution in [0.3, 0.4) is 0 Å². The van der Waals surface area contributed by atoms with E-state index in [0.717, 1.165) is 12.0 Å². The van der Waals surface area contributed by atoms with Crippen LogP contribution in [0, 0.1) is 0 Å². The van der Waals surface area contributed by atoms with Gasteiger partial charge in [0.2, 0.25) is 0 Å². The fraction of sp³-hybridized carbons (Fsp3) is 0.276. The SMILES string of the molecule is CCC(C)Oc1ccc(C(=O)NNC(=O)c2ccc(NC(=O)c3ccc(C(C)(C)C)cc3)cc2)cc1. The number of rotatable bonds is 7. The van der Waals surface area contributed by atoms with Crippen LogP contribution >= 0.6 is 0 Å². The van der Waals surface area contributed by atoms with Crippen molar-refractivity contribution in [2.45, 2.75) is 52.6 Å². The van der Waals surface area contributed by atoms with Crippen LogP contribution in [0.5, 0.6) is 5.75 Å². The first-order valence-electron chi connectivity index (χ1n) is 12.0. The highest BCUT2D eigenvalue weighted by atomic mass is 16.5. The van der Waals surface area contributed by atoms with Crippen LogP contribution in [0.1, 0.15) is 77.7 Å². The van der Waals surface area contributed by atoms with Crippen LogP contribution in [0.2, 0.25) is 0 Å². The van der Waals surface area contributed by atoms with Gasteiger partial charge in [0.15, 0.2) is 0 Å². The molecule has 0 aromatic heterocycles. The number of benzene rings is 3. The third kappa shape index (κ3) is 7.18. The molecule has 0 aliphatic rings. The normalized spacial score (nSPS) is 11.8. The van der Waals surface area contributed by atoms with E-state index in [2.05, 4.69) is 36.9 Å². The molecule has 0 heterocycles. The van der Waals surface area contributed by atoms with Gasteiger partial charge < -0.3 is 10.1 Å². The molecule has 0 aliphatic carbocycles. The monoisotopic (exact) mass is 487 g/mol. The summed E-state index contributed by atoms with van der Waals surface area (Å²) in [7, 11) is 0. The Bertz CT molecular complexity index is 1200. The lowest BCUT2D eigenvalue weighted by Gasteiger charge is -2.19. The molecule has 0 fully saturated rings. The van der Waals surface area contributed by atoms with Crippen molar-refractivity contribution in [2.24, 2.45) is 0 Å². The Hall–Kier alpha value is -4.13. The van der Waals surface area contributed by atoms with Gasteiger partial charge in [0, 0.05) is 22.4 Å². The first kappa shape index (κ1) is 26.5. The van der Waals surface area contributed by atoms with E-state index in [4.69, 9.17) is 4.74 Å². The molecule has 3 aromatic carbocycles. The van der Waals surface area contributed by atoms with E-state index in [9.17, 15) is 14.4 Å². The van der Waals surface area contributed by atoms with Gasteiger partial charge in [0.1, 0.15) is 5.75 Å². The highest BCUT2D eigenvalue weighted by molar-refractivity contribution is 6.04. The maximum Gasteiger partial charge on any atom is 0.269 e. The molecule has 0 aliphatic heterocycles. The van der Waals surface area contributed by atoms with Crippen molar-refractivity contribution in [3.8, 4) is 5.75 Å². The van der Waals surface area contributed by atoms with Crippen LogP contribution in [0.4, 0.5) is 5.69 Å². The number of nitrogens with one attached hydrogen (secondary N) is 3. The van der Waals surface area contributed by atoms with Crippen molar-refractivity contribution >= 4 is 23.4 Å². The molecule has 3 aromatic rings. The van der Waals surface area contributed by atoms with Crippen LogP contribution in [-0.4, -0.2) is 23.8 Å². The zero-order valence-corrected chi connectivity index (χ0v) is 21.3. The summed E-state index contributed by atoms with van der Waals surface area (Å²) in [6.45, 7) is 10.4. The summed E-state index contributed by atoms with van der Waals surface area (Å²) in [6, 6.07) is 20.6. The predicted octanol–water partition coefficient (Wildman–Crippen LogP) is 5.49. The van der Waals surface area contributed by atoms with Crippen molar-refractivity contribution in [3.05, 3.63) is 95.1 Å². The molecule has 0 radical (unpaired) electrons. The predicted molar refractivity (Wildman–Crippen MR) is 141 cm³/mol. The second kappa shape index (κ2) is 11.5. The zero-order valence-electron chi connectivity index (χ0n) is 21.3. The quantitative estimate of drug-likeness (QED) is 0.384. The number of hydrazine groups is 1. The molecule has 0 spiro atoms. The van der Waals surface area contributed by atoms with E-state index in [1.807, 2.05) is 26.0 Å². The summed E-state index contributed by atoms with van der Waals surface area (Å²) in [4.78, 5) is 37.3. The minimum Gasteiger partial charge on any atom is -0.491 e. The van der Waals surface area contributed by atoms with Gasteiger partial charge in [-0.05, 0) is 85.0 Å². The Kier molecular flexibility index (Phi) is 8.48. The summed E-state index contributed by atoms with van der Waals surface area (Å²) in [6.07, 6.45) is 0.969. The van der Waals surface area contributed by atoms with E-state index in [-0.39, 0.29) is 17.4 Å². The molecule has 36 heavy (non-hydrogen) atoms. The van der Waals surface area contributed by atoms with Gasteiger partial charge in [0.25, 0.3) is 17.7 Å². The molecule has 7 nitrogen and oxygen atoms in total. The lowest BCUT2D eigenvalue weighted by molar-refractivity contribution is 0.0846. The molecular weight excluding hydrogens is 454 g/mol. The highest BCUT2D eigenvalue weighted by Gasteiger charge is 2.15. The van der Waals surface area contributed by atoms with Crippen molar-refractivity contribution < 1.29 is 19.1 Å². The third-order valence-electron chi connectivity index (χ3n) is 5.74. The lowest BCUT2D eigenvalue weighted by atomic mass is 9.87. The van der Waals surface area contributed by atoms with Gasteiger partial charge in [0.05, 0.1) is 6.10 Å². The molecular formula is C29H33N3O4. The first-order chi connectivity index (χ1) is 17.1. The molecule has 0 saturated heterocycles. The molecule has 3 N–H and O–H groups in total. The van der Waals surface area contributed by atoms with E-state index < -0.39 is 11.8 Å². The number of ether oxygens (including phenoxy) is 1. The van der Waals surface area contributed by atoms with E-state index in [0.29, 0.717) is 28.1 Å². The maximum atomic E-state index is 12.5. The maximum absolute atomic E-state index is 12.5. The molecule has 7 heteroatoms. The lowest BCUT2D eigenvalue weighted by Crippen LogP contribution is -2.41. The largest absolute Gasteiger partial charge is 0.491 e. The average molecular weight is 488 g/mol. The van der Waals surface area contributed by atoms with Gasteiger partial charge in [-0.2, -0.15) is 0 Å². The summed E-state index contributed by atoms with van der Waals surface area (Å²) >= 11 is 0. The zero-order chi connectivity index (χ0) is 26.3. The number of hydrogen-bond acceptors (Lipinski definition) is 4. The molecule has 188 valence electrons. The number of anilines is 1. The second-order valence-electron chi connectivity index (χ2n) is 9.63. The number of carbonyl (C=O) groups excluding carboxylic acids is 3. The van der Waals surface area contributed by atoms with Crippen LogP contribution in [0.15, 0.2) is 72.8 Å². The Morgan fingerprint density at radius 3 is 1.64 bits per heavy atom. The number of hydrogen-bond donors (Lipinski definition) is 3. The molecule has 3 amide bonds. The second-order valence-corrected chi connectivity index (χ2v) is 9.63. The van der Waals surface area contributed by atoms with Gasteiger partial charge >= 0.3 is 0 Å². The van der Waals surface area contributed by atoms with Crippen LogP contribution in [0.25, 0.3) is 0 Å². The topological polar surface area (TPSA) is 96.5 Å². The Morgan fingerprint density at radius 2 is 1.17 bits per heavy atom. The molecule has 1 unspecified atom stereocenters. The first-order valence-corrected chi connectivity index (χ1v) is 12.0. The Labute approximate surface area is 212 Å². The Balaban J connectivity index is 1.52. The van der Waals surface area contributed by atoms with Crippen molar-refractivity contribution in [3.63, 3.8) is 0 Å². The third-order valence-corrected chi connectivity index (χ3v) is 5.74. The van der Waals surface area contributed by atoms with Crippen LogP contribution in [-0.2, 0) is 5.41 Å². The van der Waals surface area contributed by atoms with Gasteiger partial charge in [-0.3, -0.25) is 25.2 Å². The summed E-state index contributed by atoms with van der Waals surface area (Å²) in [5.74, 6) is -0.477. The van der Waals surface area contributed by atoms with Crippen molar-refractivity contribution in [1.29, 1.82) is 0 Å². The number of carbonyl (C=O) groups is 3. The van der Waals surface area contributed by atoms with Gasteiger partial charge in [-0.15, -0.1) is 0 Å². The fourth-order valence-electron chi connectivity index (χ4n) is 3.29.